The summed E-state index contributed by atoms with van der Waals surface area (Å²) in [7, 11) is 2.00. The Kier molecular flexibility index (Phi) is 4.62. The van der Waals surface area contributed by atoms with Crippen molar-refractivity contribution in [3.63, 3.8) is 0 Å². The maximum Gasteiger partial charge on any atom is 0.218 e. The zero-order valence-corrected chi connectivity index (χ0v) is 12.9. The zero-order chi connectivity index (χ0) is 15.4. The van der Waals surface area contributed by atoms with Gasteiger partial charge in [0.25, 0.3) is 0 Å². The molecule has 1 unspecified atom stereocenters. The molecule has 21 heavy (non-hydrogen) atoms. The van der Waals surface area contributed by atoms with Crippen LogP contribution in [0.1, 0.15) is 32.4 Å². The summed E-state index contributed by atoms with van der Waals surface area (Å²) in [6.07, 6.45) is 1.61. The Bertz CT molecular complexity index is 600. The zero-order valence-electron chi connectivity index (χ0n) is 12.9. The van der Waals surface area contributed by atoms with Crippen LogP contribution in [0, 0.1) is 0 Å². The Morgan fingerprint density at radius 2 is 1.90 bits per heavy atom. The van der Waals surface area contributed by atoms with E-state index in [2.05, 4.69) is 27.9 Å². The highest BCUT2D eigenvalue weighted by Crippen LogP contribution is 2.26. The Hall–Kier alpha value is -2.30. The van der Waals surface area contributed by atoms with Gasteiger partial charge in [0.2, 0.25) is 5.88 Å². The third-order valence-corrected chi connectivity index (χ3v) is 3.32. The van der Waals surface area contributed by atoms with Crippen molar-refractivity contribution >= 4 is 11.5 Å². The van der Waals surface area contributed by atoms with Gasteiger partial charge in [0.1, 0.15) is 12.1 Å². The standard InChI is InChI=1S/C16H22N4O/c1-11(2)21-16-9-15(18-10-19-16)20(4)12(3)13-6-5-7-14(17)8-13/h5-12H,17H2,1-4H3. The van der Waals surface area contributed by atoms with Crippen molar-refractivity contribution in [2.75, 3.05) is 17.7 Å². The first kappa shape index (κ1) is 15.1. The third kappa shape index (κ3) is 3.84. The highest BCUT2D eigenvalue weighted by atomic mass is 16.5. The Labute approximate surface area is 125 Å². The van der Waals surface area contributed by atoms with Crippen molar-refractivity contribution in [2.45, 2.75) is 32.9 Å². The molecule has 0 spiro atoms. The van der Waals surface area contributed by atoms with Crippen LogP contribution in [0.5, 0.6) is 5.88 Å². The minimum absolute atomic E-state index is 0.0874. The molecule has 1 aromatic heterocycles. The van der Waals surface area contributed by atoms with E-state index in [1.807, 2.05) is 45.2 Å². The van der Waals surface area contributed by atoms with Crippen LogP contribution in [0.4, 0.5) is 11.5 Å². The molecule has 112 valence electrons. The van der Waals surface area contributed by atoms with Crippen LogP contribution in [-0.2, 0) is 0 Å². The van der Waals surface area contributed by atoms with Crippen LogP contribution in [0.15, 0.2) is 36.7 Å². The molecule has 2 aromatic rings. The molecule has 0 saturated heterocycles. The second kappa shape index (κ2) is 6.43. The molecule has 1 heterocycles. The molecule has 0 aliphatic carbocycles. The number of ether oxygens (including phenoxy) is 1. The topological polar surface area (TPSA) is 64.3 Å². The number of nitrogen functional groups attached to an aromatic ring is 1. The molecule has 1 aromatic carbocycles. The summed E-state index contributed by atoms with van der Waals surface area (Å²) in [6.45, 7) is 6.06. The first-order valence-electron chi connectivity index (χ1n) is 7.04. The fourth-order valence-electron chi connectivity index (χ4n) is 2.07. The quantitative estimate of drug-likeness (QED) is 0.856. The molecule has 0 aliphatic rings. The highest BCUT2D eigenvalue weighted by molar-refractivity contribution is 5.47. The lowest BCUT2D eigenvalue weighted by atomic mass is 10.1. The number of rotatable bonds is 5. The number of nitrogens with two attached hydrogens (primary N) is 1. The monoisotopic (exact) mass is 286 g/mol. The van der Waals surface area contributed by atoms with Gasteiger partial charge in [0.05, 0.1) is 12.1 Å². The Morgan fingerprint density at radius 1 is 1.14 bits per heavy atom. The molecule has 2 rings (SSSR count). The molecule has 0 amide bonds. The lowest BCUT2D eigenvalue weighted by Crippen LogP contribution is -2.23. The lowest BCUT2D eigenvalue weighted by molar-refractivity contribution is 0.232. The largest absolute Gasteiger partial charge is 0.475 e. The first-order valence-corrected chi connectivity index (χ1v) is 7.04. The summed E-state index contributed by atoms with van der Waals surface area (Å²) in [5.41, 5.74) is 7.75. The van der Waals surface area contributed by atoms with E-state index in [1.54, 1.807) is 0 Å². The molecule has 0 fully saturated rings. The fourth-order valence-corrected chi connectivity index (χ4v) is 2.07. The van der Waals surface area contributed by atoms with Crippen molar-refractivity contribution in [2.24, 2.45) is 0 Å². The second-order valence-corrected chi connectivity index (χ2v) is 5.34. The van der Waals surface area contributed by atoms with Crippen molar-refractivity contribution in [3.05, 3.63) is 42.2 Å². The summed E-state index contributed by atoms with van der Waals surface area (Å²) in [4.78, 5) is 10.5. The molecule has 0 aliphatic heterocycles. The Balaban J connectivity index is 2.21. The Morgan fingerprint density at radius 3 is 2.57 bits per heavy atom. The third-order valence-electron chi connectivity index (χ3n) is 3.32. The van der Waals surface area contributed by atoms with Gasteiger partial charge < -0.3 is 15.4 Å². The number of benzene rings is 1. The van der Waals surface area contributed by atoms with Gasteiger partial charge >= 0.3 is 0 Å². The van der Waals surface area contributed by atoms with E-state index >= 15 is 0 Å². The number of hydrogen-bond donors (Lipinski definition) is 1. The minimum Gasteiger partial charge on any atom is -0.475 e. The molecule has 0 saturated carbocycles. The lowest BCUT2D eigenvalue weighted by Gasteiger charge is -2.26. The summed E-state index contributed by atoms with van der Waals surface area (Å²) >= 11 is 0. The molecule has 5 heteroatoms. The van der Waals surface area contributed by atoms with Crippen LogP contribution in [0.25, 0.3) is 0 Å². The predicted octanol–water partition coefficient (Wildman–Crippen LogP) is 3.04. The van der Waals surface area contributed by atoms with Crippen LogP contribution < -0.4 is 15.4 Å². The average Bonchev–Trinajstić information content (AvgIpc) is 2.45. The summed E-state index contributed by atoms with van der Waals surface area (Å²) in [6, 6.07) is 9.88. The highest BCUT2D eigenvalue weighted by Gasteiger charge is 2.15. The van der Waals surface area contributed by atoms with Gasteiger partial charge in [-0.1, -0.05) is 12.1 Å². The van der Waals surface area contributed by atoms with Crippen LogP contribution in [0.2, 0.25) is 0 Å². The van der Waals surface area contributed by atoms with Gasteiger partial charge in [-0.15, -0.1) is 0 Å². The van der Waals surface area contributed by atoms with E-state index in [9.17, 15) is 0 Å². The van der Waals surface area contributed by atoms with Crippen LogP contribution in [-0.4, -0.2) is 23.1 Å². The van der Waals surface area contributed by atoms with Gasteiger partial charge in [0, 0.05) is 18.8 Å². The molecule has 1 atom stereocenters. The van der Waals surface area contributed by atoms with Crippen LogP contribution >= 0.6 is 0 Å². The van der Waals surface area contributed by atoms with Gasteiger partial charge in [-0.3, -0.25) is 0 Å². The molecule has 0 radical (unpaired) electrons. The normalized spacial score (nSPS) is 12.2. The van der Waals surface area contributed by atoms with Crippen molar-refractivity contribution in [1.29, 1.82) is 0 Å². The van der Waals surface area contributed by atoms with Crippen molar-refractivity contribution in [3.8, 4) is 5.88 Å². The van der Waals surface area contributed by atoms with Crippen molar-refractivity contribution in [1.82, 2.24) is 9.97 Å². The maximum atomic E-state index is 5.85. The van der Waals surface area contributed by atoms with E-state index in [0.29, 0.717) is 5.88 Å². The van der Waals surface area contributed by atoms with Crippen LogP contribution in [0.3, 0.4) is 0 Å². The average molecular weight is 286 g/mol. The molecular weight excluding hydrogens is 264 g/mol. The molecular formula is C16H22N4O. The van der Waals surface area contributed by atoms with Gasteiger partial charge in [-0.25, -0.2) is 9.97 Å². The van der Waals surface area contributed by atoms with Gasteiger partial charge in [-0.05, 0) is 38.5 Å². The van der Waals surface area contributed by atoms with E-state index in [4.69, 9.17) is 10.5 Å². The predicted molar refractivity (Wildman–Crippen MR) is 85.5 cm³/mol. The number of aromatic nitrogens is 2. The summed E-state index contributed by atoms with van der Waals surface area (Å²) in [5, 5.41) is 0. The minimum atomic E-state index is 0.0874. The molecule has 2 N–H and O–H groups in total. The summed E-state index contributed by atoms with van der Waals surface area (Å²) < 4.78 is 5.61. The first-order chi connectivity index (χ1) is 9.97. The second-order valence-electron chi connectivity index (χ2n) is 5.34. The smallest absolute Gasteiger partial charge is 0.218 e. The van der Waals surface area contributed by atoms with E-state index < -0.39 is 0 Å². The van der Waals surface area contributed by atoms with Gasteiger partial charge in [-0.2, -0.15) is 0 Å². The number of hydrogen-bond acceptors (Lipinski definition) is 5. The SMILES string of the molecule is CC(C)Oc1cc(N(C)C(C)c2cccc(N)c2)ncn1. The van der Waals surface area contributed by atoms with E-state index in [-0.39, 0.29) is 12.1 Å². The summed E-state index contributed by atoms with van der Waals surface area (Å²) in [5.74, 6) is 1.40. The molecule has 5 nitrogen and oxygen atoms in total. The fraction of sp³-hybridized carbons (Fsp3) is 0.375. The van der Waals surface area contributed by atoms with E-state index in [0.717, 1.165) is 17.1 Å². The number of anilines is 2. The van der Waals surface area contributed by atoms with E-state index in [1.165, 1.54) is 6.33 Å². The van der Waals surface area contributed by atoms with Crippen molar-refractivity contribution < 1.29 is 4.74 Å². The maximum absolute atomic E-state index is 5.85. The molecule has 0 bridgehead atoms. The number of nitrogens with zero attached hydrogens (tertiary/aromatic N) is 3. The van der Waals surface area contributed by atoms with Gasteiger partial charge in [0.15, 0.2) is 0 Å².